The average molecular weight is 253 g/mol. The van der Waals surface area contributed by atoms with Gasteiger partial charge in [0.1, 0.15) is 6.61 Å². The van der Waals surface area contributed by atoms with Crippen LogP contribution in [0.25, 0.3) is 0 Å². The number of fused-ring (bicyclic) bond motifs is 5. The van der Waals surface area contributed by atoms with Gasteiger partial charge in [0.05, 0.1) is 13.2 Å². The van der Waals surface area contributed by atoms with Gasteiger partial charge in [0.2, 0.25) is 0 Å². The minimum atomic E-state index is -0.265. The van der Waals surface area contributed by atoms with Gasteiger partial charge in [0, 0.05) is 12.6 Å². The highest BCUT2D eigenvalue weighted by Crippen LogP contribution is 2.65. The summed E-state index contributed by atoms with van der Waals surface area (Å²) in [7, 11) is 0. The molecule has 0 aliphatic heterocycles. The van der Waals surface area contributed by atoms with Crippen molar-refractivity contribution in [3.8, 4) is 0 Å². The fourth-order valence-electron chi connectivity index (χ4n) is 4.25. The Balaban J connectivity index is 1.25. The van der Waals surface area contributed by atoms with E-state index in [-0.39, 0.29) is 12.6 Å². The van der Waals surface area contributed by atoms with Crippen molar-refractivity contribution < 1.29 is 14.3 Å². The maximum atomic E-state index is 11.0. The van der Waals surface area contributed by atoms with E-state index in [9.17, 15) is 4.79 Å². The second-order valence-electron chi connectivity index (χ2n) is 5.83. The topological polar surface area (TPSA) is 47.6 Å². The van der Waals surface area contributed by atoms with E-state index in [1.54, 1.807) is 6.92 Å². The van der Waals surface area contributed by atoms with Gasteiger partial charge in [-0.25, -0.2) is 4.79 Å². The summed E-state index contributed by atoms with van der Waals surface area (Å²) in [5, 5.41) is 3.59. The lowest BCUT2D eigenvalue weighted by molar-refractivity contribution is -0.148. The quantitative estimate of drug-likeness (QED) is 0.547. The third-order valence-electron chi connectivity index (χ3n) is 4.89. The van der Waals surface area contributed by atoms with Crippen molar-refractivity contribution >= 4 is 5.97 Å². The highest BCUT2D eigenvalue weighted by atomic mass is 16.6. The highest BCUT2D eigenvalue weighted by Gasteiger charge is 2.64. The van der Waals surface area contributed by atoms with Gasteiger partial charge in [0.15, 0.2) is 0 Å². The minimum absolute atomic E-state index is 0.0816. The van der Waals surface area contributed by atoms with Crippen LogP contribution < -0.4 is 5.32 Å². The molecular weight excluding hydrogens is 230 g/mol. The Kier molecular flexibility index (Phi) is 3.57. The maximum absolute atomic E-state index is 11.0. The summed E-state index contributed by atoms with van der Waals surface area (Å²) in [6.45, 7) is 3.77. The molecule has 2 bridgehead atoms. The second kappa shape index (κ2) is 5.17. The Bertz CT molecular complexity index is 304. The van der Waals surface area contributed by atoms with Crippen molar-refractivity contribution in [2.45, 2.75) is 32.2 Å². The van der Waals surface area contributed by atoms with E-state index >= 15 is 0 Å². The fourth-order valence-corrected chi connectivity index (χ4v) is 4.25. The molecule has 4 unspecified atom stereocenters. The predicted molar refractivity (Wildman–Crippen MR) is 67.1 cm³/mol. The number of nitrogens with one attached hydrogen (secondary N) is 1. The third kappa shape index (κ3) is 2.28. The van der Waals surface area contributed by atoms with Crippen molar-refractivity contribution in [2.24, 2.45) is 23.7 Å². The number of ether oxygens (including phenoxy) is 2. The maximum Gasteiger partial charge on any atom is 0.332 e. The molecule has 3 rings (SSSR count). The van der Waals surface area contributed by atoms with Gasteiger partial charge in [-0.15, -0.1) is 0 Å². The van der Waals surface area contributed by atoms with E-state index in [4.69, 9.17) is 9.47 Å². The van der Waals surface area contributed by atoms with E-state index in [0.717, 1.165) is 36.3 Å². The van der Waals surface area contributed by atoms with Crippen LogP contribution in [-0.4, -0.2) is 38.4 Å². The molecule has 4 nitrogen and oxygen atoms in total. The van der Waals surface area contributed by atoms with Crippen LogP contribution in [0.2, 0.25) is 0 Å². The van der Waals surface area contributed by atoms with Crippen molar-refractivity contribution in [3.05, 3.63) is 0 Å². The van der Waals surface area contributed by atoms with Crippen LogP contribution in [0.1, 0.15) is 26.2 Å². The number of hydrogen-bond acceptors (Lipinski definition) is 4. The summed E-state index contributed by atoms with van der Waals surface area (Å²) in [6.07, 6.45) is 4.42. The molecule has 3 aliphatic rings. The van der Waals surface area contributed by atoms with Crippen LogP contribution in [0.5, 0.6) is 0 Å². The number of hydrogen-bond donors (Lipinski definition) is 1. The largest absolute Gasteiger partial charge is 0.464 e. The SMILES string of the molecule is CCOC(=O)COCCNC1C2C3CCC(C3)C12. The zero-order valence-corrected chi connectivity index (χ0v) is 11.1. The summed E-state index contributed by atoms with van der Waals surface area (Å²) in [5.41, 5.74) is 0. The molecule has 0 radical (unpaired) electrons. The molecule has 3 aliphatic carbocycles. The minimum Gasteiger partial charge on any atom is -0.464 e. The standard InChI is InChI=1S/C14H23NO3/c1-2-18-11(16)8-17-6-5-15-14-12-9-3-4-10(7-9)13(12)14/h9-10,12-15H,2-8H2,1H3. The molecule has 0 saturated heterocycles. The normalized spacial score (nSPS) is 39.7. The van der Waals surface area contributed by atoms with E-state index in [0.29, 0.717) is 13.2 Å². The molecule has 102 valence electrons. The summed E-state index contributed by atoms with van der Waals surface area (Å²) in [4.78, 5) is 11.0. The molecular formula is C14H23NO3. The van der Waals surface area contributed by atoms with E-state index in [1.807, 2.05) is 0 Å². The number of esters is 1. The summed E-state index contributed by atoms with van der Waals surface area (Å²) >= 11 is 0. The lowest BCUT2D eigenvalue weighted by Crippen LogP contribution is -2.27. The smallest absolute Gasteiger partial charge is 0.332 e. The molecule has 1 N–H and O–H groups in total. The lowest BCUT2D eigenvalue weighted by atomic mass is 10.0. The van der Waals surface area contributed by atoms with Crippen molar-refractivity contribution in [2.75, 3.05) is 26.4 Å². The Hall–Kier alpha value is -0.610. The Labute approximate surface area is 108 Å². The van der Waals surface area contributed by atoms with E-state index in [1.165, 1.54) is 19.3 Å². The van der Waals surface area contributed by atoms with Crippen molar-refractivity contribution in [1.29, 1.82) is 0 Å². The van der Waals surface area contributed by atoms with Gasteiger partial charge in [-0.3, -0.25) is 0 Å². The average Bonchev–Trinajstić information content (AvgIpc) is 2.76. The number of carbonyl (C=O) groups excluding carboxylic acids is 1. The van der Waals surface area contributed by atoms with Crippen LogP contribution >= 0.6 is 0 Å². The van der Waals surface area contributed by atoms with E-state index in [2.05, 4.69) is 5.32 Å². The van der Waals surface area contributed by atoms with Crippen LogP contribution in [0.4, 0.5) is 0 Å². The van der Waals surface area contributed by atoms with Crippen LogP contribution in [0, 0.1) is 23.7 Å². The summed E-state index contributed by atoms with van der Waals surface area (Å²) in [5.74, 6) is 3.69. The molecule has 0 aromatic carbocycles. The molecule has 0 heterocycles. The molecule has 0 amide bonds. The molecule has 0 aromatic rings. The summed E-state index contributed by atoms with van der Waals surface area (Å²) < 4.78 is 10.1. The zero-order valence-electron chi connectivity index (χ0n) is 11.1. The van der Waals surface area contributed by atoms with Gasteiger partial charge in [-0.05, 0) is 49.9 Å². The van der Waals surface area contributed by atoms with Crippen LogP contribution in [0.3, 0.4) is 0 Å². The van der Waals surface area contributed by atoms with Gasteiger partial charge in [0.25, 0.3) is 0 Å². The van der Waals surface area contributed by atoms with Gasteiger partial charge >= 0.3 is 5.97 Å². The molecule has 3 fully saturated rings. The van der Waals surface area contributed by atoms with Gasteiger partial charge in [-0.1, -0.05) is 0 Å². The van der Waals surface area contributed by atoms with Crippen molar-refractivity contribution in [1.82, 2.24) is 5.32 Å². The van der Waals surface area contributed by atoms with Crippen LogP contribution in [0.15, 0.2) is 0 Å². The first kappa shape index (κ1) is 12.4. The monoisotopic (exact) mass is 253 g/mol. The Morgan fingerprint density at radius 1 is 1.28 bits per heavy atom. The van der Waals surface area contributed by atoms with Gasteiger partial charge in [-0.2, -0.15) is 0 Å². The lowest BCUT2D eigenvalue weighted by Gasteiger charge is -2.10. The molecule has 0 spiro atoms. The Morgan fingerprint density at radius 3 is 2.67 bits per heavy atom. The summed E-state index contributed by atoms with van der Waals surface area (Å²) in [6, 6.07) is 0.752. The van der Waals surface area contributed by atoms with Gasteiger partial charge < -0.3 is 14.8 Å². The second-order valence-corrected chi connectivity index (χ2v) is 5.83. The van der Waals surface area contributed by atoms with Crippen molar-refractivity contribution in [3.63, 3.8) is 0 Å². The Morgan fingerprint density at radius 2 is 2.00 bits per heavy atom. The molecule has 4 heteroatoms. The third-order valence-corrected chi connectivity index (χ3v) is 4.89. The molecule has 3 saturated carbocycles. The van der Waals surface area contributed by atoms with Crippen LogP contribution in [-0.2, 0) is 14.3 Å². The number of rotatable bonds is 7. The first-order valence-corrected chi connectivity index (χ1v) is 7.28. The molecule has 4 atom stereocenters. The predicted octanol–water partition coefficient (Wildman–Crippen LogP) is 1.20. The first-order valence-electron chi connectivity index (χ1n) is 7.28. The fraction of sp³-hybridized carbons (Fsp3) is 0.929. The first-order chi connectivity index (χ1) is 8.81. The molecule has 0 aromatic heterocycles. The zero-order chi connectivity index (χ0) is 12.5. The highest BCUT2D eigenvalue weighted by molar-refractivity contribution is 5.70. The van der Waals surface area contributed by atoms with E-state index < -0.39 is 0 Å². The molecule has 18 heavy (non-hydrogen) atoms. The number of carbonyl (C=O) groups is 1.